The molecular formula is C11H11N5. The first-order valence-corrected chi connectivity index (χ1v) is 5.24. The summed E-state index contributed by atoms with van der Waals surface area (Å²) in [5, 5.41) is 0. The lowest BCUT2D eigenvalue weighted by Gasteiger charge is -2.03. The molecule has 5 nitrogen and oxygen atoms in total. The monoisotopic (exact) mass is 213 g/mol. The Morgan fingerprint density at radius 1 is 1.25 bits per heavy atom. The van der Waals surface area contributed by atoms with Gasteiger partial charge >= 0.3 is 0 Å². The van der Waals surface area contributed by atoms with Crippen LogP contribution in [0.15, 0.2) is 24.7 Å². The minimum Gasteiger partial charge on any atom is -0.384 e. The van der Waals surface area contributed by atoms with E-state index in [1.807, 2.05) is 6.07 Å². The van der Waals surface area contributed by atoms with Gasteiger partial charge in [-0.2, -0.15) is 0 Å². The molecule has 0 radical (unpaired) electrons. The number of hydrogen-bond acceptors (Lipinski definition) is 5. The summed E-state index contributed by atoms with van der Waals surface area (Å²) in [4.78, 5) is 16.7. The Hall–Kier alpha value is -2.04. The van der Waals surface area contributed by atoms with Crippen molar-refractivity contribution in [2.45, 2.75) is 18.8 Å². The van der Waals surface area contributed by atoms with Crippen molar-refractivity contribution in [1.82, 2.24) is 19.9 Å². The number of nitrogens with zero attached hydrogens (tertiary/aromatic N) is 4. The molecule has 2 heterocycles. The summed E-state index contributed by atoms with van der Waals surface area (Å²) in [6.45, 7) is 0. The molecule has 1 aliphatic carbocycles. The van der Waals surface area contributed by atoms with E-state index < -0.39 is 0 Å². The van der Waals surface area contributed by atoms with Crippen LogP contribution in [-0.4, -0.2) is 19.9 Å². The van der Waals surface area contributed by atoms with Crippen LogP contribution in [0, 0.1) is 0 Å². The highest BCUT2D eigenvalue weighted by Crippen LogP contribution is 2.39. The first-order valence-electron chi connectivity index (χ1n) is 5.24. The summed E-state index contributed by atoms with van der Waals surface area (Å²) in [6.07, 6.45) is 5.55. The van der Waals surface area contributed by atoms with E-state index in [2.05, 4.69) is 19.9 Å². The number of nitrogens with two attached hydrogens (primary N) is 1. The lowest BCUT2D eigenvalue weighted by Crippen LogP contribution is -2.00. The molecule has 5 heteroatoms. The average Bonchev–Trinajstić information content (AvgIpc) is 3.13. The van der Waals surface area contributed by atoms with E-state index in [1.54, 1.807) is 12.3 Å². The summed E-state index contributed by atoms with van der Waals surface area (Å²) >= 11 is 0. The van der Waals surface area contributed by atoms with Gasteiger partial charge in [0.1, 0.15) is 17.8 Å². The van der Waals surface area contributed by atoms with Crippen molar-refractivity contribution < 1.29 is 0 Å². The molecule has 0 spiro atoms. The van der Waals surface area contributed by atoms with Gasteiger partial charge < -0.3 is 5.73 Å². The lowest BCUT2D eigenvalue weighted by molar-refractivity contribution is 0.988. The largest absolute Gasteiger partial charge is 0.384 e. The topological polar surface area (TPSA) is 77.6 Å². The summed E-state index contributed by atoms with van der Waals surface area (Å²) in [6, 6.07) is 3.63. The zero-order valence-electron chi connectivity index (χ0n) is 8.67. The van der Waals surface area contributed by atoms with Crippen molar-refractivity contribution in [3.8, 4) is 11.5 Å². The minimum atomic E-state index is 0.505. The van der Waals surface area contributed by atoms with E-state index in [0.29, 0.717) is 23.3 Å². The van der Waals surface area contributed by atoms with Crippen LogP contribution >= 0.6 is 0 Å². The number of rotatable bonds is 2. The van der Waals surface area contributed by atoms with Gasteiger partial charge in [-0.05, 0) is 18.9 Å². The Morgan fingerprint density at radius 2 is 2.12 bits per heavy atom. The van der Waals surface area contributed by atoms with Crippen molar-refractivity contribution in [1.29, 1.82) is 0 Å². The number of hydrogen-bond donors (Lipinski definition) is 1. The first-order chi connectivity index (χ1) is 7.83. The summed E-state index contributed by atoms with van der Waals surface area (Å²) < 4.78 is 0. The van der Waals surface area contributed by atoms with Crippen molar-refractivity contribution in [2.75, 3.05) is 5.73 Å². The maximum Gasteiger partial charge on any atom is 0.180 e. The van der Waals surface area contributed by atoms with Gasteiger partial charge in [-0.25, -0.2) is 19.9 Å². The third kappa shape index (κ3) is 1.71. The molecule has 1 saturated carbocycles. The highest BCUT2D eigenvalue weighted by Gasteiger charge is 2.26. The van der Waals surface area contributed by atoms with Gasteiger partial charge in [-0.15, -0.1) is 0 Å². The average molecular weight is 213 g/mol. The van der Waals surface area contributed by atoms with Crippen molar-refractivity contribution in [3.05, 3.63) is 30.4 Å². The van der Waals surface area contributed by atoms with Crippen molar-refractivity contribution in [3.63, 3.8) is 0 Å². The highest BCUT2D eigenvalue weighted by atomic mass is 15.0. The molecule has 0 unspecified atom stereocenters. The smallest absolute Gasteiger partial charge is 0.180 e. The fourth-order valence-corrected chi connectivity index (χ4v) is 1.61. The maximum absolute atomic E-state index is 5.77. The third-order valence-corrected chi connectivity index (χ3v) is 2.57. The molecule has 16 heavy (non-hydrogen) atoms. The van der Waals surface area contributed by atoms with E-state index in [-0.39, 0.29) is 0 Å². The molecular weight excluding hydrogens is 202 g/mol. The zero-order chi connectivity index (χ0) is 11.0. The number of anilines is 1. The van der Waals surface area contributed by atoms with Gasteiger partial charge in [-0.3, -0.25) is 0 Å². The van der Waals surface area contributed by atoms with E-state index in [9.17, 15) is 0 Å². The molecule has 0 atom stereocenters. The highest BCUT2D eigenvalue weighted by molar-refractivity contribution is 5.51. The maximum atomic E-state index is 5.77. The van der Waals surface area contributed by atoms with Crippen molar-refractivity contribution >= 4 is 5.82 Å². The van der Waals surface area contributed by atoms with Crippen molar-refractivity contribution in [2.24, 2.45) is 0 Å². The summed E-state index contributed by atoms with van der Waals surface area (Å²) in [5.74, 6) is 1.65. The molecule has 80 valence electrons. The molecule has 2 aromatic heterocycles. The van der Waals surface area contributed by atoms with Gasteiger partial charge in [-0.1, -0.05) is 0 Å². The molecule has 1 fully saturated rings. The predicted octanol–water partition coefficient (Wildman–Crippen LogP) is 1.39. The molecule has 0 aliphatic heterocycles. The Balaban J connectivity index is 2.06. The summed E-state index contributed by atoms with van der Waals surface area (Å²) in [7, 11) is 0. The second-order valence-electron chi connectivity index (χ2n) is 3.91. The molecule has 0 bridgehead atoms. The number of aromatic nitrogens is 4. The van der Waals surface area contributed by atoms with Gasteiger partial charge in [0, 0.05) is 23.9 Å². The van der Waals surface area contributed by atoms with E-state index >= 15 is 0 Å². The van der Waals surface area contributed by atoms with Gasteiger partial charge in [0.15, 0.2) is 5.82 Å². The SMILES string of the molecule is Nc1cc(C2CC2)nc(-c2ccncn2)n1. The normalized spacial score (nSPS) is 15.0. The molecule has 0 aromatic carbocycles. The van der Waals surface area contributed by atoms with Crippen LogP contribution < -0.4 is 5.73 Å². The number of nitrogen functional groups attached to an aromatic ring is 1. The molecule has 1 aliphatic rings. The van der Waals surface area contributed by atoms with Crippen LogP contribution in [0.4, 0.5) is 5.82 Å². The zero-order valence-corrected chi connectivity index (χ0v) is 8.67. The van der Waals surface area contributed by atoms with Crippen LogP contribution in [0.1, 0.15) is 24.5 Å². The molecule has 0 saturated heterocycles. The van der Waals surface area contributed by atoms with E-state index in [1.165, 1.54) is 19.2 Å². The fraction of sp³-hybridized carbons (Fsp3) is 0.273. The lowest BCUT2D eigenvalue weighted by atomic mass is 10.2. The van der Waals surface area contributed by atoms with Crippen LogP contribution in [0.2, 0.25) is 0 Å². The second kappa shape index (κ2) is 3.52. The molecule has 2 N–H and O–H groups in total. The van der Waals surface area contributed by atoms with Gasteiger partial charge in [0.05, 0.1) is 0 Å². The van der Waals surface area contributed by atoms with E-state index in [4.69, 9.17) is 5.73 Å². The quantitative estimate of drug-likeness (QED) is 0.815. The molecule has 3 rings (SSSR count). The van der Waals surface area contributed by atoms with E-state index in [0.717, 1.165) is 5.69 Å². The minimum absolute atomic E-state index is 0.505. The fourth-order valence-electron chi connectivity index (χ4n) is 1.61. The first kappa shape index (κ1) is 9.21. The van der Waals surface area contributed by atoms with Crippen LogP contribution in [-0.2, 0) is 0 Å². The Kier molecular flexibility index (Phi) is 2.02. The van der Waals surface area contributed by atoms with Crippen LogP contribution in [0.25, 0.3) is 11.5 Å². The van der Waals surface area contributed by atoms with Crippen LogP contribution in [0.5, 0.6) is 0 Å². The van der Waals surface area contributed by atoms with Gasteiger partial charge in [0.2, 0.25) is 0 Å². The Morgan fingerprint density at radius 3 is 2.81 bits per heavy atom. The Bertz CT molecular complexity index is 507. The standard InChI is InChI=1S/C11H11N5/c12-10-5-9(7-1-2-7)15-11(16-10)8-3-4-13-6-14-8/h3-7H,1-2H2,(H2,12,15,16). The predicted molar refractivity (Wildman–Crippen MR) is 59.4 cm³/mol. The van der Waals surface area contributed by atoms with Gasteiger partial charge in [0.25, 0.3) is 0 Å². The second-order valence-corrected chi connectivity index (χ2v) is 3.91. The third-order valence-electron chi connectivity index (χ3n) is 2.57. The Labute approximate surface area is 92.8 Å². The van der Waals surface area contributed by atoms with Crippen LogP contribution in [0.3, 0.4) is 0 Å². The summed E-state index contributed by atoms with van der Waals surface area (Å²) in [5.41, 5.74) is 7.51. The molecule has 2 aromatic rings. The molecule has 0 amide bonds.